The largest absolute Gasteiger partial charge is 0.344 e. The van der Waals surface area contributed by atoms with E-state index in [0.29, 0.717) is 0 Å². The lowest BCUT2D eigenvalue weighted by Gasteiger charge is -2.08. The van der Waals surface area contributed by atoms with Crippen LogP contribution in [0.25, 0.3) is 49.6 Å². The lowest BCUT2D eigenvalue weighted by atomic mass is 9.95. The Morgan fingerprint density at radius 2 is 1.25 bits per heavy atom. The first kappa shape index (κ1) is 18.2. The van der Waals surface area contributed by atoms with E-state index in [0.717, 1.165) is 39.0 Å². The van der Waals surface area contributed by atoms with Crippen LogP contribution in [0.15, 0.2) is 90.5 Å². The van der Waals surface area contributed by atoms with Gasteiger partial charge in [-0.2, -0.15) is 10.5 Å². The summed E-state index contributed by atoms with van der Waals surface area (Å²) in [5.41, 5.74) is 9.46. The fourth-order valence-electron chi connectivity index (χ4n) is 4.99. The molecule has 1 aliphatic rings. The predicted molar refractivity (Wildman–Crippen MR) is 129 cm³/mol. The highest BCUT2D eigenvalue weighted by Crippen LogP contribution is 2.47. The molecule has 4 aromatic carbocycles. The fraction of sp³-hybridized carbons (Fsp3) is 0.0345. The second kappa shape index (κ2) is 6.71. The maximum atomic E-state index is 9.61. The van der Waals surface area contributed by atoms with Gasteiger partial charge in [-0.3, -0.25) is 0 Å². The van der Waals surface area contributed by atoms with Gasteiger partial charge >= 0.3 is 0 Å². The lowest BCUT2D eigenvalue weighted by molar-refractivity contribution is 1.01. The third kappa shape index (κ3) is 2.40. The van der Waals surface area contributed by atoms with Crippen molar-refractivity contribution in [1.82, 2.24) is 4.57 Å². The van der Waals surface area contributed by atoms with E-state index < -0.39 is 0 Å². The van der Waals surface area contributed by atoms with Crippen molar-refractivity contribution in [3.8, 4) is 34.4 Å². The molecule has 0 bridgehead atoms. The number of hydrogen-bond donors (Lipinski definition) is 0. The van der Waals surface area contributed by atoms with Crippen LogP contribution in [-0.4, -0.2) is 4.57 Å². The monoisotopic (exact) mass is 407 g/mol. The maximum Gasteiger partial charge on any atom is 0.138 e. The van der Waals surface area contributed by atoms with Crippen LogP contribution in [0.3, 0.4) is 0 Å². The van der Waals surface area contributed by atoms with Gasteiger partial charge in [0.15, 0.2) is 0 Å². The fourth-order valence-corrected chi connectivity index (χ4v) is 4.99. The van der Waals surface area contributed by atoms with E-state index >= 15 is 0 Å². The van der Waals surface area contributed by atoms with E-state index in [2.05, 4.69) is 90.5 Å². The molecule has 0 fully saturated rings. The molecule has 0 spiro atoms. The van der Waals surface area contributed by atoms with Gasteiger partial charge in [0.25, 0.3) is 0 Å². The molecule has 0 saturated heterocycles. The summed E-state index contributed by atoms with van der Waals surface area (Å²) in [4.78, 5) is 0. The molecule has 32 heavy (non-hydrogen) atoms. The van der Waals surface area contributed by atoms with Gasteiger partial charge < -0.3 is 4.57 Å². The summed E-state index contributed by atoms with van der Waals surface area (Å²) in [6.45, 7) is 0. The number of aryl methyl sites for hydroxylation is 1. The molecule has 0 saturated carbocycles. The second-order valence-electron chi connectivity index (χ2n) is 8.09. The van der Waals surface area contributed by atoms with Crippen LogP contribution in [0.2, 0.25) is 0 Å². The maximum absolute atomic E-state index is 9.61. The predicted octanol–water partition coefficient (Wildman–Crippen LogP) is 6.83. The first-order valence-electron chi connectivity index (χ1n) is 10.5. The summed E-state index contributed by atoms with van der Waals surface area (Å²) in [6.07, 6.45) is 0. The Hall–Kier alpha value is -4.60. The Morgan fingerprint density at radius 3 is 2.06 bits per heavy atom. The zero-order valence-electron chi connectivity index (χ0n) is 17.4. The van der Waals surface area contributed by atoms with E-state index in [1.54, 1.807) is 0 Å². The van der Waals surface area contributed by atoms with E-state index in [1.165, 1.54) is 21.8 Å². The molecule has 0 N–H and O–H groups in total. The highest BCUT2D eigenvalue weighted by molar-refractivity contribution is 6.09. The molecule has 0 atom stereocenters. The molecule has 148 valence electrons. The molecule has 0 aliphatic heterocycles. The Balaban J connectivity index is 1.59. The number of aromatic nitrogens is 1. The molecule has 1 heterocycles. The van der Waals surface area contributed by atoms with Crippen LogP contribution in [-0.2, 0) is 7.05 Å². The third-order valence-corrected chi connectivity index (χ3v) is 6.50. The van der Waals surface area contributed by atoms with Crippen molar-refractivity contribution in [2.45, 2.75) is 0 Å². The highest BCUT2D eigenvalue weighted by Gasteiger charge is 2.26. The van der Waals surface area contributed by atoms with Gasteiger partial charge in [0.2, 0.25) is 0 Å². The van der Waals surface area contributed by atoms with Gasteiger partial charge in [-0.05, 0) is 51.6 Å². The van der Waals surface area contributed by atoms with Crippen LogP contribution in [0.4, 0.5) is 0 Å². The molecule has 1 aliphatic carbocycles. The number of nitriles is 2. The van der Waals surface area contributed by atoms with Crippen LogP contribution in [0.1, 0.15) is 11.1 Å². The number of fused-ring (bicyclic) bond motifs is 6. The standard InChI is InChI=1S/C29H17N3/c1-32-27-9-5-4-7-23(27)24-13-11-19(15-28(24)32)18-10-12-22-21-6-2-3-8-25(21)29(26(22)14-18)20(16-30)17-31/h2-15H,1H3. The van der Waals surface area contributed by atoms with E-state index in [1.807, 2.05) is 18.2 Å². The first-order valence-corrected chi connectivity index (χ1v) is 10.5. The molecule has 5 aromatic rings. The zero-order chi connectivity index (χ0) is 21.8. The van der Waals surface area contributed by atoms with Crippen LogP contribution in [0, 0.1) is 22.7 Å². The van der Waals surface area contributed by atoms with Gasteiger partial charge in [-0.15, -0.1) is 0 Å². The Morgan fingerprint density at radius 1 is 0.625 bits per heavy atom. The molecule has 0 unspecified atom stereocenters. The summed E-state index contributed by atoms with van der Waals surface area (Å²) in [5.74, 6) is 0. The van der Waals surface area contributed by atoms with Crippen molar-refractivity contribution in [3.63, 3.8) is 0 Å². The summed E-state index contributed by atoms with van der Waals surface area (Å²) in [5, 5.41) is 21.7. The summed E-state index contributed by atoms with van der Waals surface area (Å²) in [7, 11) is 2.10. The van der Waals surface area contributed by atoms with Crippen LogP contribution < -0.4 is 0 Å². The third-order valence-electron chi connectivity index (χ3n) is 6.50. The number of allylic oxidation sites excluding steroid dienone is 1. The second-order valence-corrected chi connectivity index (χ2v) is 8.09. The van der Waals surface area contributed by atoms with Gasteiger partial charge in [-0.1, -0.05) is 66.7 Å². The Labute approximate surface area is 185 Å². The van der Waals surface area contributed by atoms with Crippen LogP contribution >= 0.6 is 0 Å². The van der Waals surface area contributed by atoms with Crippen molar-refractivity contribution in [3.05, 3.63) is 102 Å². The number of rotatable bonds is 1. The summed E-state index contributed by atoms with van der Waals surface area (Å²) < 4.78 is 2.23. The van der Waals surface area contributed by atoms with Gasteiger partial charge in [0.1, 0.15) is 17.7 Å². The molecule has 0 amide bonds. The van der Waals surface area contributed by atoms with Crippen LogP contribution in [0.5, 0.6) is 0 Å². The van der Waals surface area contributed by atoms with Crippen molar-refractivity contribution < 1.29 is 0 Å². The molecule has 6 rings (SSSR count). The molecular formula is C29H17N3. The molecular weight excluding hydrogens is 390 g/mol. The SMILES string of the molecule is Cn1c2ccccc2c2ccc(-c3ccc4c(c3)C(=C(C#N)C#N)c3ccccc3-4)cc21. The number of para-hydroxylation sites is 1. The van der Waals surface area contributed by atoms with E-state index in [-0.39, 0.29) is 5.57 Å². The van der Waals surface area contributed by atoms with Crippen molar-refractivity contribution in [1.29, 1.82) is 10.5 Å². The van der Waals surface area contributed by atoms with Gasteiger partial charge in [-0.25, -0.2) is 0 Å². The number of benzene rings is 4. The average Bonchev–Trinajstić information content (AvgIpc) is 3.32. The van der Waals surface area contributed by atoms with Crippen molar-refractivity contribution >= 4 is 27.4 Å². The smallest absolute Gasteiger partial charge is 0.138 e. The lowest BCUT2D eigenvalue weighted by Crippen LogP contribution is -1.89. The number of nitrogens with zero attached hydrogens (tertiary/aromatic N) is 3. The quantitative estimate of drug-likeness (QED) is 0.281. The molecule has 1 aromatic heterocycles. The molecule has 3 nitrogen and oxygen atoms in total. The minimum Gasteiger partial charge on any atom is -0.344 e. The molecule has 3 heteroatoms. The van der Waals surface area contributed by atoms with E-state index in [4.69, 9.17) is 0 Å². The van der Waals surface area contributed by atoms with Gasteiger partial charge in [0, 0.05) is 34.4 Å². The average molecular weight is 407 g/mol. The molecule has 0 radical (unpaired) electrons. The number of hydrogen-bond acceptors (Lipinski definition) is 2. The summed E-state index contributed by atoms with van der Waals surface area (Å²) in [6, 6.07) is 33.5. The minimum absolute atomic E-state index is 0.150. The normalized spacial score (nSPS) is 11.8. The van der Waals surface area contributed by atoms with E-state index in [9.17, 15) is 10.5 Å². The first-order chi connectivity index (χ1) is 15.7. The Kier molecular flexibility index (Phi) is 3.81. The van der Waals surface area contributed by atoms with Crippen molar-refractivity contribution in [2.75, 3.05) is 0 Å². The van der Waals surface area contributed by atoms with Gasteiger partial charge in [0.05, 0.1) is 0 Å². The Bertz CT molecular complexity index is 1680. The highest BCUT2D eigenvalue weighted by atomic mass is 14.9. The van der Waals surface area contributed by atoms with Crippen molar-refractivity contribution in [2.24, 2.45) is 7.05 Å². The summed E-state index contributed by atoms with van der Waals surface area (Å²) >= 11 is 0. The minimum atomic E-state index is 0.150. The zero-order valence-corrected chi connectivity index (χ0v) is 17.4. The topological polar surface area (TPSA) is 52.5 Å².